The van der Waals surface area contributed by atoms with E-state index in [1.807, 2.05) is 17.1 Å². The minimum atomic E-state index is -0.147. The fourth-order valence-corrected chi connectivity index (χ4v) is 2.42. The quantitative estimate of drug-likeness (QED) is 0.709. The maximum Gasteiger partial charge on any atom is 0.249 e. The van der Waals surface area contributed by atoms with Crippen molar-refractivity contribution in [2.24, 2.45) is 0 Å². The van der Waals surface area contributed by atoms with Crippen molar-refractivity contribution in [3.63, 3.8) is 0 Å². The minimum absolute atomic E-state index is 0.137. The Bertz CT molecular complexity index is 424. The Morgan fingerprint density at radius 2 is 1.84 bits per heavy atom. The average Bonchev–Trinajstić information content (AvgIpc) is 3.30. The van der Waals surface area contributed by atoms with Crippen molar-refractivity contribution in [1.29, 1.82) is 0 Å². The predicted octanol–water partition coefficient (Wildman–Crippen LogP) is 1.67. The molecule has 2 aliphatic heterocycles. The smallest absolute Gasteiger partial charge is 0.249 e. The molecule has 2 atom stereocenters. The Morgan fingerprint density at radius 1 is 1.26 bits per heavy atom. The van der Waals surface area contributed by atoms with Gasteiger partial charge in [-0.15, -0.1) is 0 Å². The van der Waals surface area contributed by atoms with Crippen LogP contribution in [0.15, 0.2) is 23.8 Å². The number of epoxide rings is 2. The average molecular weight is 263 g/mol. The Kier molecular flexibility index (Phi) is 3.02. The zero-order valence-corrected chi connectivity index (χ0v) is 11.6. The van der Waals surface area contributed by atoms with Gasteiger partial charge in [0.25, 0.3) is 0 Å². The Labute approximate surface area is 114 Å². The zero-order chi connectivity index (χ0) is 13.5. The first kappa shape index (κ1) is 12.9. The monoisotopic (exact) mass is 263 g/mol. The number of hydrogen-bond donors (Lipinski definition) is 0. The lowest BCUT2D eigenvalue weighted by molar-refractivity contribution is -0.129. The number of ether oxygens (including phenoxy) is 2. The summed E-state index contributed by atoms with van der Waals surface area (Å²) in [7, 11) is 0. The standard InChI is InChI=1S/C15H21NO3/c1-14(10-18-14)8-16(9-15(2)11-19-15)13(17)12-6-4-3-5-7-12/h3-4,6H,5,7-11H2,1-2H3. The molecule has 19 heavy (non-hydrogen) atoms. The maximum atomic E-state index is 12.6. The molecule has 4 nitrogen and oxygen atoms in total. The van der Waals surface area contributed by atoms with Gasteiger partial charge in [0.2, 0.25) is 5.91 Å². The molecule has 4 heteroatoms. The molecule has 2 unspecified atom stereocenters. The van der Waals surface area contributed by atoms with Gasteiger partial charge in [0.15, 0.2) is 0 Å². The van der Waals surface area contributed by atoms with Crippen molar-refractivity contribution < 1.29 is 14.3 Å². The van der Waals surface area contributed by atoms with Crippen LogP contribution in [0.4, 0.5) is 0 Å². The third-order valence-electron chi connectivity index (χ3n) is 3.90. The molecule has 3 aliphatic rings. The number of rotatable bonds is 5. The molecule has 2 heterocycles. The highest BCUT2D eigenvalue weighted by Gasteiger charge is 2.47. The summed E-state index contributed by atoms with van der Waals surface area (Å²) in [5.41, 5.74) is 0.605. The molecule has 104 valence electrons. The van der Waals surface area contributed by atoms with Gasteiger partial charge in [0.1, 0.15) is 11.2 Å². The van der Waals surface area contributed by atoms with Crippen LogP contribution in [0.25, 0.3) is 0 Å². The van der Waals surface area contributed by atoms with Gasteiger partial charge in [-0.2, -0.15) is 0 Å². The summed E-state index contributed by atoms with van der Waals surface area (Å²) >= 11 is 0. The highest BCUT2D eigenvalue weighted by Crippen LogP contribution is 2.32. The van der Waals surface area contributed by atoms with Gasteiger partial charge in [-0.1, -0.05) is 18.2 Å². The molecule has 0 aromatic carbocycles. The van der Waals surface area contributed by atoms with Crippen LogP contribution in [0.5, 0.6) is 0 Å². The summed E-state index contributed by atoms with van der Waals surface area (Å²) in [6.45, 7) is 6.91. The molecule has 2 saturated heterocycles. The summed E-state index contributed by atoms with van der Waals surface area (Å²) in [5, 5.41) is 0. The second-order valence-electron chi connectivity index (χ2n) is 6.30. The first-order chi connectivity index (χ1) is 9.00. The van der Waals surface area contributed by atoms with Crippen LogP contribution in [-0.2, 0) is 14.3 Å². The molecule has 1 amide bonds. The molecule has 3 rings (SSSR count). The van der Waals surface area contributed by atoms with Crippen molar-refractivity contribution in [2.75, 3.05) is 26.3 Å². The highest BCUT2D eigenvalue weighted by atomic mass is 16.6. The van der Waals surface area contributed by atoms with Gasteiger partial charge in [0.05, 0.1) is 26.3 Å². The lowest BCUT2D eigenvalue weighted by atomic mass is 10.0. The highest BCUT2D eigenvalue weighted by molar-refractivity contribution is 5.94. The number of carbonyl (C=O) groups is 1. The van der Waals surface area contributed by atoms with Crippen molar-refractivity contribution in [2.45, 2.75) is 37.9 Å². The topological polar surface area (TPSA) is 45.4 Å². The van der Waals surface area contributed by atoms with Crippen LogP contribution in [-0.4, -0.2) is 48.3 Å². The Morgan fingerprint density at radius 3 is 2.26 bits per heavy atom. The van der Waals surface area contributed by atoms with E-state index in [4.69, 9.17) is 9.47 Å². The molecule has 0 N–H and O–H groups in total. The SMILES string of the molecule is CC1(CN(CC2(C)CO2)C(=O)C2=CC=CCC2)CO1. The van der Waals surface area contributed by atoms with Crippen molar-refractivity contribution in [1.82, 2.24) is 4.90 Å². The molecule has 0 spiro atoms. The summed E-state index contributed by atoms with van der Waals surface area (Å²) in [6, 6.07) is 0. The largest absolute Gasteiger partial charge is 0.368 e. The Balaban J connectivity index is 1.71. The molecular formula is C15H21NO3. The van der Waals surface area contributed by atoms with Gasteiger partial charge in [-0.25, -0.2) is 0 Å². The molecule has 0 bridgehead atoms. The minimum Gasteiger partial charge on any atom is -0.368 e. The number of carbonyl (C=O) groups excluding carboxylic acids is 1. The van der Waals surface area contributed by atoms with Crippen LogP contribution in [0.1, 0.15) is 26.7 Å². The maximum absolute atomic E-state index is 12.6. The van der Waals surface area contributed by atoms with Gasteiger partial charge in [-0.3, -0.25) is 4.79 Å². The molecule has 0 aromatic rings. The van der Waals surface area contributed by atoms with Crippen LogP contribution < -0.4 is 0 Å². The van der Waals surface area contributed by atoms with Gasteiger partial charge in [-0.05, 0) is 26.7 Å². The predicted molar refractivity (Wildman–Crippen MR) is 71.8 cm³/mol. The lowest BCUT2D eigenvalue weighted by Gasteiger charge is -2.27. The van der Waals surface area contributed by atoms with Crippen LogP contribution in [0.3, 0.4) is 0 Å². The van der Waals surface area contributed by atoms with Crippen molar-refractivity contribution >= 4 is 5.91 Å². The van der Waals surface area contributed by atoms with Crippen LogP contribution in [0.2, 0.25) is 0 Å². The summed E-state index contributed by atoms with van der Waals surface area (Å²) in [4.78, 5) is 14.5. The second kappa shape index (κ2) is 4.46. The lowest BCUT2D eigenvalue weighted by Crippen LogP contribution is -2.43. The summed E-state index contributed by atoms with van der Waals surface area (Å²) in [6.07, 6.45) is 7.79. The number of nitrogens with zero attached hydrogens (tertiary/aromatic N) is 1. The zero-order valence-electron chi connectivity index (χ0n) is 11.6. The molecular weight excluding hydrogens is 242 g/mol. The molecule has 0 saturated carbocycles. The van der Waals surface area contributed by atoms with E-state index in [-0.39, 0.29) is 17.1 Å². The van der Waals surface area contributed by atoms with E-state index in [9.17, 15) is 4.79 Å². The van der Waals surface area contributed by atoms with Gasteiger partial charge >= 0.3 is 0 Å². The molecule has 0 aromatic heterocycles. The number of allylic oxidation sites excluding steroid dienone is 3. The Hall–Kier alpha value is -1.13. The van der Waals surface area contributed by atoms with E-state index in [1.165, 1.54) is 0 Å². The fourth-order valence-electron chi connectivity index (χ4n) is 2.42. The number of amides is 1. The third-order valence-corrected chi connectivity index (χ3v) is 3.90. The van der Waals surface area contributed by atoms with E-state index in [0.29, 0.717) is 13.1 Å². The molecule has 1 aliphatic carbocycles. The van der Waals surface area contributed by atoms with Crippen molar-refractivity contribution in [3.8, 4) is 0 Å². The molecule has 2 fully saturated rings. The normalized spacial score (nSPS) is 35.8. The van der Waals surface area contributed by atoms with Gasteiger partial charge < -0.3 is 14.4 Å². The van der Waals surface area contributed by atoms with E-state index < -0.39 is 0 Å². The van der Waals surface area contributed by atoms with E-state index >= 15 is 0 Å². The van der Waals surface area contributed by atoms with E-state index in [1.54, 1.807) is 0 Å². The summed E-state index contributed by atoms with van der Waals surface area (Å²) in [5.74, 6) is 0.137. The molecule has 0 radical (unpaired) electrons. The van der Waals surface area contributed by atoms with Gasteiger partial charge in [0, 0.05) is 5.57 Å². The fraction of sp³-hybridized carbons (Fsp3) is 0.667. The third kappa shape index (κ3) is 3.07. The van der Waals surface area contributed by atoms with E-state index in [2.05, 4.69) is 19.9 Å². The van der Waals surface area contributed by atoms with Crippen molar-refractivity contribution in [3.05, 3.63) is 23.8 Å². The second-order valence-corrected chi connectivity index (χ2v) is 6.30. The van der Waals surface area contributed by atoms with E-state index in [0.717, 1.165) is 31.6 Å². The first-order valence-corrected chi connectivity index (χ1v) is 6.93. The first-order valence-electron chi connectivity index (χ1n) is 6.93. The number of hydrogen-bond acceptors (Lipinski definition) is 3. The van der Waals surface area contributed by atoms with Crippen LogP contribution >= 0.6 is 0 Å². The van der Waals surface area contributed by atoms with Crippen LogP contribution in [0, 0.1) is 0 Å². The summed E-state index contributed by atoms with van der Waals surface area (Å²) < 4.78 is 10.9.